The summed E-state index contributed by atoms with van der Waals surface area (Å²) < 4.78 is 0. The van der Waals surface area contributed by atoms with Gasteiger partial charge >= 0.3 is 0 Å². The Morgan fingerprint density at radius 1 is 1.38 bits per heavy atom. The molecule has 2 heteroatoms. The quantitative estimate of drug-likeness (QED) is 0.609. The van der Waals surface area contributed by atoms with Crippen LogP contribution in [0.1, 0.15) is 32.1 Å². The minimum Gasteiger partial charge on any atom is -0.349 e. The molecule has 0 bridgehead atoms. The summed E-state index contributed by atoms with van der Waals surface area (Å²) in [5.74, 6) is 1.07. The van der Waals surface area contributed by atoms with Crippen molar-refractivity contribution in [3.8, 4) is 0 Å². The second kappa shape index (κ2) is 5.05. The molecule has 2 nitrogen and oxygen atoms in total. The highest BCUT2D eigenvalue weighted by Gasteiger charge is 2.11. The van der Waals surface area contributed by atoms with E-state index >= 15 is 0 Å². The molecule has 0 aromatic rings. The molecule has 74 valence electrons. The number of hydrogen-bond donors (Lipinski definition) is 0. The molecule has 1 aliphatic carbocycles. The summed E-state index contributed by atoms with van der Waals surface area (Å²) in [6.07, 6.45) is 9.89. The Bertz CT molecular complexity index is 188. The third-order valence-corrected chi connectivity index (χ3v) is 2.61. The first kappa shape index (κ1) is 10.3. The Morgan fingerprint density at radius 3 is 2.54 bits per heavy atom. The summed E-state index contributed by atoms with van der Waals surface area (Å²) in [6.45, 7) is 0. The van der Waals surface area contributed by atoms with Crippen molar-refractivity contribution in [3.63, 3.8) is 0 Å². The second-order valence-electron chi connectivity index (χ2n) is 3.99. The zero-order chi connectivity index (χ0) is 9.68. The number of carbonyl (C=O) groups is 1. The van der Waals surface area contributed by atoms with Crippen LogP contribution in [-0.4, -0.2) is 24.9 Å². The van der Waals surface area contributed by atoms with E-state index in [2.05, 4.69) is 12.2 Å². The monoisotopic (exact) mass is 181 g/mol. The van der Waals surface area contributed by atoms with Crippen molar-refractivity contribution in [2.75, 3.05) is 14.1 Å². The van der Waals surface area contributed by atoms with Crippen molar-refractivity contribution in [1.82, 2.24) is 4.90 Å². The van der Waals surface area contributed by atoms with Crippen LogP contribution in [0.2, 0.25) is 0 Å². The van der Waals surface area contributed by atoms with Crippen LogP contribution in [0.25, 0.3) is 0 Å². The molecule has 1 amide bonds. The third-order valence-electron chi connectivity index (χ3n) is 2.61. The van der Waals surface area contributed by atoms with E-state index < -0.39 is 0 Å². The fraction of sp³-hybridized carbons (Fsp3) is 0.727. The molecule has 1 rings (SSSR count). The third kappa shape index (κ3) is 3.62. The number of nitrogens with zero attached hydrogens (tertiary/aromatic N) is 1. The van der Waals surface area contributed by atoms with Gasteiger partial charge in [-0.25, -0.2) is 0 Å². The van der Waals surface area contributed by atoms with Gasteiger partial charge < -0.3 is 4.90 Å². The topological polar surface area (TPSA) is 20.3 Å². The van der Waals surface area contributed by atoms with Crippen LogP contribution >= 0.6 is 0 Å². The normalized spacial score (nSPS) is 16.5. The van der Waals surface area contributed by atoms with E-state index in [0.717, 1.165) is 12.3 Å². The van der Waals surface area contributed by atoms with Crippen molar-refractivity contribution >= 4 is 5.91 Å². The highest BCUT2D eigenvalue weighted by Crippen LogP contribution is 2.23. The predicted molar refractivity (Wildman–Crippen MR) is 54.4 cm³/mol. The molecule has 0 atom stereocenters. The molecular formula is C11H19NO. The molecule has 0 radical (unpaired) electrons. The summed E-state index contributed by atoms with van der Waals surface area (Å²) in [7, 11) is 3.64. The van der Waals surface area contributed by atoms with Crippen molar-refractivity contribution in [3.05, 3.63) is 12.2 Å². The van der Waals surface area contributed by atoms with Crippen molar-refractivity contribution in [2.45, 2.75) is 32.1 Å². The van der Waals surface area contributed by atoms with Gasteiger partial charge in [-0.15, -0.1) is 0 Å². The lowest BCUT2D eigenvalue weighted by Crippen LogP contribution is -2.21. The molecule has 0 aromatic heterocycles. The highest BCUT2D eigenvalue weighted by atomic mass is 16.2. The number of hydrogen-bond acceptors (Lipinski definition) is 1. The zero-order valence-electron chi connectivity index (χ0n) is 8.62. The molecule has 0 saturated heterocycles. The number of amides is 1. The van der Waals surface area contributed by atoms with Crippen molar-refractivity contribution in [1.29, 1.82) is 0 Å². The minimum atomic E-state index is 0.256. The first-order valence-electron chi connectivity index (χ1n) is 5.05. The average Bonchev–Trinajstić information content (AvgIpc) is 2.56. The van der Waals surface area contributed by atoms with Crippen LogP contribution in [0.5, 0.6) is 0 Å². The first-order chi connectivity index (χ1) is 6.20. The maximum Gasteiger partial charge on any atom is 0.222 e. The fourth-order valence-corrected chi connectivity index (χ4v) is 1.67. The van der Waals surface area contributed by atoms with Gasteiger partial charge in [-0.1, -0.05) is 12.2 Å². The predicted octanol–water partition coefficient (Wildman–Crippen LogP) is 2.21. The molecule has 0 heterocycles. The molecule has 0 aliphatic heterocycles. The van der Waals surface area contributed by atoms with E-state index in [9.17, 15) is 4.79 Å². The maximum absolute atomic E-state index is 11.2. The SMILES string of the molecule is CN(C)C(=O)CCCC1CC=CC1. The minimum absolute atomic E-state index is 0.256. The lowest BCUT2D eigenvalue weighted by atomic mass is 10.00. The Kier molecular flexibility index (Phi) is 4.00. The van der Waals surface area contributed by atoms with Gasteiger partial charge in [0.2, 0.25) is 5.91 Å². The first-order valence-corrected chi connectivity index (χ1v) is 5.05. The number of allylic oxidation sites excluding steroid dienone is 2. The van der Waals surface area contributed by atoms with Gasteiger partial charge in [-0.3, -0.25) is 4.79 Å². The van der Waals surface area contributed by atoms with Crippen LogP contribution in [0.4, 0.5) is 0 Å². The number of rotatable bonds is 4. The van der Waals surface area contributed by atoms with Gasteiger partial charge in [0.15, 0.2) is 0 Å². The van der Waals surface area contributed by atoms with Crippen molar-refractivity contribution < 1.29 is 4.79 Å². The summed E-state index contributed by atoms with van der Waals surface area (Å²) in [4.78, 5) is 12.9. The standard InChI is InChI=1S/C11H19NO/c1-12(2)11(13)9-5-8-10-6-3-4-7-10/h3-4,10H,5-9H2,1-2H3. The lowest BCUT2D eigenvalue weighted by molar-refractivity contribution is -0.128. The molecule has 0 fully saturated rings. The summed E-state index contributed by atoms with van der Waals surface area (Å²) in [5, 5.41) is 0. The van der Waals surface area contributed by atoms with Gasteiger partial charge in [0.1, 0.15) is 0 Å². The molecular weight excluding hydrogens is 162 g/mol. The van der Waals surface area contributed by atoms with Crippen LogP contribution in [-0.2, 0) is 4.79 Å². The molecule has 1 aliphatic rings. The maximum atomic E-state index is 11.2. The van der Waals surface area contributed by atoms with Crippen LogP contribution in [0.3, 0.4) is 0 Å². The largest absolute Gasteiger partial charge is 0.349 e. The van der Waals surface area contributed by atoms with Crippen molar-refractivity contribution in [2.24, 2.45) is 5.92 Å². The summed E-state index contributed by atoms with van der Waals surface area (Å²) >= 11 is 0. The van der Waals surface area contributed by atoms with E-state index in [4.69, 9.17) is 0 Å². The van der Waals surface area contributed by atoms with Crippen LogP contribution in [0, 0.1) is 5.92 Å². The average molecular weight is 181 g/mol. The van der Waals surface area contributed by atoms with Crippen LogP contribution in [0.15, 0.2) is 12.2 Å². The van der Waals surface area contributed by atoms with Gasteiger partial charge in [0.25, 0.3) is 0 Å². The van der Waals surface area contributed by atoms with E-state index in [1.54, 1.807) is 4.90 Å². The summed E-state index contributed by atoms with van der Waals surface area (Å²) in [5.41, 5.74) is 0. The van der Waals surface area contributed by atoms with Gasteiger partial charge in [-0.05, 0) is 31.6 Å². The lowest BCUT2D eigenvalue weighted by Gasteiger charge is -2.11. The number of carbonyl (C=O) groups excluding carboxylic acids is 1. The molecule has 0 spiro atoms. The van der Waals surface area contributed by atoms with Gasteiger partial charge in [0, 0.05) is 20.5 Å². The molecule has 0 unspecified atom stereocenters. The molecule has 0 saturated carbocycles. The Morgan fingerprint density at radius 2 is 2.00 bits per heavy atom. The highest BCUT2D eigenvalue weighted by molar-refractivity contribution is 5.75. The van der Waals surface area contributed by atoms with Crippen LogP contribution < -0.4 is 0 Å². The smallest absolute Gasteiger partial charge is 0.222 e. The van der Waals surface area contributed by atoms with E-state index in [1.807, 2.05) is 14.1 Å². The van der Waals surface area contributed by atoms with Gasteiger partial charge in [-0.2, -0.15) is 0 Å². The molecule has 13 heavy (non-hydrogen) atoms. The van der Waals surface area contributed by atoms with E-state index in [0.29, 0.717) is 6.42 Å². The molecule has 0 aromatic carbocycles. The van der Waals surface area contributed by atoms with E-state index in [1.165, 1.54) is 19.3 Å². The summed E-state index contributed by atoms with van der Waals surface area (Å²) in [6, 6.07) is 0. The fourth-order valence-electron chi connectivity index (χ4n) is 1.67. The Hall–Kier alpha value is -0.790. The Labute approximate surface area is 80.6 Å². The Balaban J connectivity index is 2.03. The molecule has 0 N–H and O–H groups in total. The zero-order valence-corrected chi connectivity index (χ0v) is 8.62. The second-order valence-corrected chi connectivity index (χ2v) is 3.99. The van der Waals surface area contributed by atoms with E-state index in [-0.39, 0.29) is 5.91 Å². The van der Waals surface area contributed by atoms with Gasteiger partial charge in [0.05, 0.1) is 0 Å².